The lowest BCUT2D eigenvalue weighted by atomic mass is 10.0. The molecule has 3 nitrogen and oxygen atoms in total. The van der Waals surface area contributed by atoms with Crippen LogP contribution in [0.15, 0.2) is 12.1 Å². The van der Waals surface area contributed by atoms with Gasteiger partial charge in [0.1, 0.15) is 6.29 Å². The molecule has 2 aliphatic heterocycles. The molecule has 0 amide bonds. The molecule has 0 atom stereocenters. The number of hydrogen-bond acceptors (Lipinski definition) is 3. The molecule has 1 N–H and O–H groups in total. The van der Waals surface area contributed by atoms with Gasteiger partial charge in [-0.3, -0.25) is 4.79 Å². The molecule has 0 unspecified atom stereocenters. The van der Waals surface area contributed by atoms with E-state index in [0.29, 0.717) is 0 Å². The summed E-state index contributed by atoms with van der Waals surface area (Å²) in [5.41, 5.74) is 4.55. The maximum Gasteiger partial charge on any atom is 0.150 e. The minimum absolute atomic E-state index is 0.850. The summed E-state index contributed by atoms with van der Waals surface area (Å²) in [4.78, 5) is 13.4. The number of carbonyl (C=O) groups excluding carboxylic acids is 1. The molecule has 1 fully saturated rings. The molecule has 0 saturated carbocycles. The Balaban J connectivity index is 2.06. The molecular weight excluding hydrogens is 200 g/mol. The van der Waals surface area contributed by atoms with Crippen molar-refractivity contribution in [3.8, 4) is 0 Å². The molecule has 2 heterocycles. The minimum Gasteiger partial charge on any atom is -0.383 e. The molecule has 0 bridgehead atoms. The van der Waals surface area contributed by atoms with Gasteiger partial charge in [0, 0.05) is 25.2 Å². The summed E-state index contributed by atoms with van der Waals surface area (Å²) < 4.78 is 0. The number of nitrogens with one attached hydrogen (secondary N) is 1. The van der Waals surface area contributed by atoms with E-state index in [2.05, 4.69) is 16.3 Å². The lowest BCUT2D eigenvalue weighted by Gasteiger charge is -2.21. The van der Waals surface area contributed by atoms with Gasteiger partial charge in [0.25, 0.3) is 0 Å². The molecule has 84 valence electrons. The van der Waals surface area contributed by atoms with E-state index < -0.39 is 0 Å². The summed E-state index contributed by atoms with van der Waals surface area (Å²) in [6, 6.07) is 4.05. The Morgan fingerprint density at radius 2 is 2.06 bits per heavy atom. The number of anilines is 2. The Kier molecular flexibility index (Phi) is 2.31. The number of benzene rings is 1. The Morgan fingerprint density at radius 1 is 1.25 bits per heavy atom. The second kappa shape index (κ2) is 3.81. The fourth-order valence-electron chi connectivity index (χ4n) is 2.76. The summed E-state index contributed by atoms with van der Waals surface area (Å²) >= 11 is 0. The SMILES string of the molecule is O=Cc1ccc(N2CCCC2)c2c1CCN2. The van der Waals surface area contributed by atoms with E-state index in [1.807, 2.05) is 6.07 Å². The van der Waals surface area contributed by atoms with E-state index in [9.17, 15) is 4.79 Å². The first-order valence-corrected chi connectivity index (χ1v) is 6.00. The molecule has 0 aliphatic carbocycles. The molecule has 3 rings (SSSR count). The molecule has 1 aromatic rings. The van der Waals surface area contributed by atoms with Gasteiger partial charge in [-0.15, -0.1) is 0 Å². The summed E-state index contributed by atoms with van der Waals surface area (Å²) in [5.74, 6) is 0. The monoisotopic (exact) mass is 216 g/mol. The van der Waals surface area contributed by atoms with Crippen LogP contribution in [0.5, 0.6) is 0 Å². The molecule has 1 saturated heterocycles. The zero-order chi connectivity index (χ0) is 11.0. The largest absolute Gasteiger partial charge is 0.383 e. The molecule has 0 spiro atoms. The molecule has 3 heteroatoms. The predicted molar refractivity (Wildman–Crippen MR) is 65.5 cm³/mol. The van der Waals surface area contributed by atoms with Crippen molar-refractivity contribution in [1.29, 1.82) is 0 Å². The fourth-order valence-corrected chi connectivity index (χ4v) is 2.76. The van der Waals surface area contributed by atoms with Gasteiger partial charge in [-0.05, 0) is 37.0 Å². The fraction of sp³-hybridized carbons (Fsp3) is 0.462. The molecule has 0 aromatic heterocycles. The first kappa shape index (κ1) is 9.70. The van der Waals surface area contributed by atoms with Gasteiger partial charge in [-0.25, -0.2) is 0 Å². The third-order valence-electron chi connectivity index (χ3n) is 3.58. The highest BCUT2D eigenvalue weighted by molar-refractivity contribution is 5.87. The van der Waals surface area contributed by atoms with Gasteiger partial charge in [0.15, 0.2) is 0 Å². The normalized spacial score (nSPS) is 18.4. The van der Waals surface area contributed by atoms with Gasteiger partial charge in [-0.2, -0.15) is 0 Å². The number of nitrogens with zero attached hydrogens (tertiary/aromatic N) is 1. The van der Waals surface area contributed by atoms with Gasteiger partial charge < -0.3 is 10.2 Å². The van der Waals surface area contributed by atoms with Crippen LogP contribution in [-0.4, -0.2) is 25.9 Å². The van der Waals surface area contributed by atoms with Gasteiger partial charge in [0.2, 0.25) is 0 Å². The van der Waals surface area contributed by atoms with Gasteiger partial charge in [0.05, 0.1) is 11.4 Å². The minimum atomic E-state index is 0.850. The highest BCUT2D eigenvalue weighted by Gasteiger charge is 2.22. The van der Waals surface area contributed by atoms with Crippen molar-refractivity contribution < 1.29 is 4.79 Å². The standard InChI is InChI=1S/C13H16N2O/c16-9-10-3-4-12(15-7-1-2-8-15)13-11(10)5-6-14-13/h3-4,9,14H,1-2,5-8H2. The molecule has 1 aromatic carbocycles. The van der Waals surface area contributed by atoms with Gasteiger partial charge in [-0.1, -0.05) is 0 Å². The lowest BCUT2D eigenvalue weighted by molar-refractivity contribution is 0.112. The van der Waals surface area contributed by atoms with E-state index in [4.69, 9.17) is 0 Å². The first-order valence-electron chi connectivity index (χ1n) is 6.00. The molecular formula is C13H16N2O. The average Bonchev–Trinajstić information content (AvgIpc) is 2.98. The van der Waals surface area contributed by atoms with E-state index >= 15 is 0 Å². The Bertz CT molecular complexity index is 422. The average molecular weight is 216 g/mol. The van der Waals surface area contributed by atoms with Crippen LogP contribution in [0.4, 0.5) is 11.4 Å². The van der Waals surface area contributed by atoms with Crippen molar-refractivity contribution in [3.63, 3.8) is 0 Å². The highest BCUT2D eigenvalue weighted by Crippen LogP contribution is 2.36. The number of carbonyl (C=O) groups is 1. The van der Waals surface area contributed by atoms with Crippen molar-refractivity contribution in [2.24, 2.45) is 0 Å². The summed E-state index contributed by atoms with van der Waals surface area (Å²) in [6.45, 7) is 3.25. The first-order chi connectivity index (χ1) is 7.90. The topological polar surface area (TPSA) is 32.3 Å². The summed E-state index contributed by atoms with van der Waals surface area (Å²) in [6.07, 6.45) is 4.51. The van der Waals surface area contributed by atoms with Gasteiger partial charge >= 0.3 is 0 Å². The van der Waals surface area contributed by atoms with Crippen molar-refractivity contribution in [1.82, 2.24) is 0 Å². The molecule has 0 radical (unpaired) electrons. The summed E-state index contributed by atoms with van der Waals surface area (Å²) in [5, 5.41) is 3.42. The zero-order valence-corrected chi connectivity index (χ0v) is 9.33. The maximum absolute atomic E-state index is 11.0. The number of fused-ring (bicyclic) bond motifs is 1. The lowest BCUT2D eigenvalue weighted by Crippen LogP contribution is -2.19. The van der Waals surface area contributed by atoms with E-state index in [-0.39, 0.29) is 0 Å². The quantitative estimate of drug-likeness (QED) is 0.768. The van der Waals surface area contributed by atoms with Crippen LogP contribution in [0.3, 0.4) is 0 Å². The Labute approximate surface area is 95.4 Å². The maximum atomic E-state index is 11.0. The smallest absolute Gasteiger partial charge is 0.150 e. The second-order valence-electron chi connectivity index (χ2n) is 4.52. The predicted octanol–water partition coefficient (Wildman–Crippen LogP) is 2.07. The van der Waals surface area contributed by atoms with Crippen LogP contribution in [0.2, 0.25) is 0 Å². The van der Waals surface area contributed by atoms with Crippen LogP contribution in [-0.2, 0) is 6.42 Å². The van der Waals surface area contributed by atoms with Crippen LogP contribution < -0.4 is 10.2 Å². The third kappa shape index (κ3) is 1.39. The van der Waals surface area contributed by atoms with Crippen molar-refractivity contribution in [2.45, 2.75) is 19.3 Å². The molecule has 16 heavy (non-hydrogen) atoms. The number of rotatable bonds is 2. The third-order valence-corrected chi connectivity index (χ3v) is 3.58. The zero-order valence-electron chi connectivity index (χ0n) is 9.33. The number of aldehydes is 1. The Morgan fingerprint density at radius 3 is 2.81 bits per heavy atom. The Hall–Kier alpha value is -1.51. The van der Waals surface area contributed by atoms with Crippen LogP contribution in [0.1, 0.15) is 28.8 Å². The molecule has 2 aliphatic rings. The summed E-state index contributed by atoms with van der Waals surface area (Å²) in [7, 11) is 0. The highest BCUT2D eigenvalue weighted by atomic mass is 16.1. The van der Waals surface area contributed by atoms with Crippen molar-refractivity contribution in [2.75, 3.05) is 29.9 Å². The second-order valence-corrected chi connectivity index (χ2v) is 4.52. The van der Waals surface area contributed by atoms with Crippen molar-refractivity contribution >= 4 is 17.7 Å². The van der Waals surface area contributed by atoms with E-state index in [0.717, 1.165) is 37.9 Å². The van der Waals surface area contributed by atoms with E-state index in [1.165, 1.54) is 29.8 Å². The van der Waals surface area contributed by atoms with E-state index in [1.54, 1.807) is 0 Å². The number of hydrogen-bond donors (Lipinski definition) is 1. The van der Waals surface area contributed by atoms with Crippen LogP contribution in [0.25, 0.3) is 0 Å². The van der Waals surface area contributed by atoms with Crippen LogP contribution in [0, 0.1) is 0 Å². The van der Waals surface area contributed by atoms with Crippen molar-refractivity contribution in [3.05, 3.63) is 23.3 Å². The van der Waals surface area contributed by atoms with Crippen LogP contribution >= 0.6 is 0 Å².